The SMILES string of the molecule is ClC(CC1CCC1)c1ccc2c(c1)OCCO2. The Balaban J connectivity index is 1.73. The highest BCUT2D eigenvalue weighted by Crippen LogP contribution is 2.40. The van der Waals surface area contributed by atoms with Crippen molar-refractivity contribution in [3.8, 4) is 11.5 Å². The first-order valence-corrected chi connectivity index (χ1v) is 6.80. The van der Waals surface area contributed by atoms with Gasteiger partial charge in [0.15, 0.2) is 11.5 Å². The van der Waals surface area contributed by atoms with E-state index in [1.54, 1.807) is 0 Å². The molecular formula is C14H17ClO2. The number of fused-ring (bicyclic) bond motifs is 1. The van der Waals surface area contributed by atoms with Gasteiger partial charge in [0.1, 0.15) is 13.2 Å². The van der Waals surface area contributed by atoms with Gasteiger partial charge in [-0.05, 0) is 30.0 Å². The van der Waals surface area contributed by atoms with E-state index in [4.69, 9.17) is 21.1 Å². The average Bonchev–Trinajstić information content (AvgIpc) is 2.33. The normalized spacial score (nSPS) is 20.8. The second-order valence-electron chi connectivity index (χ2n) is 4.90. The van der Waals surface area contributed by atoms with Crippen LogP contribution in [-0.2, 0) is 0 Å². The van der Waals surface area contributed by atoms with E-state index in [0.717, 1.165) is 29.4 Å². The molecule has 1 saturated carbocycles. The molecule has 92 valence electrons. The molecule has 1 heterocycles. The Bertz CT molecular complexity index is 401. The number of hydrogen-bond donors (Lipinski definition) is 0. The van der Waals surface area contributed by atoms with Crippen molar-refractivity contribution in [3.05, 3.63) is 23.8 Å². The van der Waals surface area contributed by atoms with Crippen LogP contribution in [0.15, 0.2) is 18.2 Å². The molecule has 0 spiro atoms. The summed E-state index contributed by atoms with van der Waals surface area (Å²) in [4.78, 5) is 0. The van der Waals surface area contributed by atoms with Crippen LogP contribution >= 0.6 is 11.6 Å². The lowest BCUT2D eigenvalue weighted by atomic mass is 9.81. The van der Waals surface area contributed by atoms with Crippen LogP contribution in [0.5, 0.6) is 11.5 Å². The molecule has 1 aliphatic heterocycles. The molecule has 17 heavy (non-hydrogen) atoms. The Hall–Kier alpha value is -0.890. The first kappa shape index (κ1) is 11.2. The summed E-state index contributed by atoms with van der Waals surface area (Å²) < 4.78 is 11.1. The lowest BCUT2D eigenvalue weighted by molar-refractivity contribution is 0.171. The molecule has 1 unspecified atom stereocenters. The van der Waals surface area contributed by atoms with Crippen LogP contribution in [0.3, 0.4) is 0 Å². The third kappa shape index (κ3) is 2.37. The van der Waals surface area contributed by atoms with Gasteiger partial charge < -0.3 is 9.47 Å². The van der Waals surface area contributed by atoms with Crippen molar-refractivity contribution in [1.29, 1.82) is 0 Å². The lowest BCUT2D eigenvalue weighted by Crippen LogP contribution is -2.16. The van der Waals surface area contributed by atoms with Crippen molar-refractivity contribution in [3.63, 3.8) is 0 Å². The standard InChI is InChI=1S/C14H17ClO2/c15-12(8-10-2-1-3-10)11-4-5-13-14(9-11)17-7-6-16-13/h4-5,9-10,12H,1-3,6-8H2. The van der Waals surface area contributed by atoms with Crippen LogP contribution in [0.2, 0.25) is 0 Å². The number of benzene rings is 1. The topological polar surface area (TPSA) is 18.5 Å². The molecule has 0 radical (unpaired) electrons. The summed E-state index contributed by atoms with van der Waals surface area (Å²) in [7, 11) is 0. The van der Waals surface area contributed by atoms with Gasteiger partial charge in [0.25, 0.3) is 0 Å². The fourth-order valence-electron chi connectivity index (χ4n) is 2.41. The number of alkyl halides is 1. The molecule has 1 aliphatic carbocycles. The minimum absolute atomic E-state index is 0.108. The van der Waals surface area contributed by atoms with E-state index in [1.165, 1.54) is 19.3 Å². The van der Waals surface area contributed by atoms with Crippen molar-refractivity contribution >= 4 is 11.6 Å². The van der Waals surface area contributed by atoms with E-state index in [-0.39, 0.29) is 5.38 Å². The molecular weight excluding hydrogens is 236 g/mol. The molecule has 3 heteroatoms. The summed E-state index contributed by atoms with van der Waals surface area (Å²) in [6.07, 6.45) is 5.14. The molecule has 3 rings (SSSR count). The number of hydrogen-bond acceptors (Lipinski definition) is 2. The first-order chi connectivity index (χ1) is 8.33. The van der Waals surface area contributed by atoms with Gasteiger partial charge in [0, 0.05) is 0 Å². The van der Waals surface area contributed by atoms with Gasteiger partial charge in [-0.3, -0.25) is 0 Å². The highest BCUT2D eigenvalue weighted by Gasteiger charge is 2.23. The largest absolute Gasteiger partial charge is 0.486 e. The molecule has 1 atom stereocenters. The van der Waals surface area contributed by atoms with Crippen LogP contribution in [0.1, 0.15) is 36.6 Å². The molecule has 1 aromatic rings. The highest BCUT2D eigenvalue weighted by molar-refractivity contribution is 6.20. The van der Waals surface area contributed by atoms with E-state index in [1.807, 2.05) is 12.1 Å². The smallest absolute Gasteiger partial charge is 0.161 e. The summed E-state index contributed by atoms with van der Waals surface area (Å²) in [5.74, 6) is 2.51. The molecule has 0 amide bonds. The average molecular weight is 253 g/mol. The van der Waals surface area contributed by atoms with E-state index in [2.05, 4.69) is 6.07 Å². The van der Waals surface area contributed by atoms with Gasteiger partial charge in [0.2, 0.25) is 0 Å². The summed E-state index contributed by atoms with van der Waals surface area (Å²) in [6.45, 7) is 1.27. The van der Waals surface area contributed by atoms with Crippen molar-refractivity contribution < 1.29 is 9.47 Å². The minimum Gasteiger partial charge on any atom is -0.486 e. The van der Waals surface area contributed by atoms with E-state index in [0.29, 0.717) is 13.2 Å². The van der Waals surface area contributed by atoms with Crippen molar-refractivity contribution in [2.24, 2.45) is 5.92 Å². The van der Waals surface area contributed by atoms with Crippen molar-refractivity contribution in [2.45, 2.75) is 31.1 Å². The van der Waals surface area contributed by atoms with Crippen LogP contribution in [-0.4, -0.2) is 13.2 Å². The molecule has 1 aromatic carbocycles. The lowest BCUT2D eigenvalue weighted by Gasteiger charge is -2.28. The van der Waals surface area contributed by atoms with Gasteiger partial charge in [-0.15, -0.1) is 11.6 Å². The zero-order chi connectivity index (χ0) is 11.7. The second kappa shape index (κ2) is 4.77. The molecule has 0 saturated heterocycles. The Morgan fingerprint density at radius 1 is 1.18 bits per heavy atom. The van der Waals surface area contributed by atoms with Gasteiger partial charge in [-0.25, -0.2) is 0 Å². The van der Waals surface area contributed by atoms with Crippen molar-refractivity contribution in [2.75, 3.05) is 13.2 Å². The molecule has 0 bridgehead atoms. The fraction of sp³-hybridized carbons (Fsp3) is 0.571. The number of rotatable bonds is 3. The van der Waals surface area contributed by atoms with E-state index in [9.17, 15) is 0 Å². The number of halogens is 1. The maximum absolute atomic E-state index is 6.46. The minimum atomic E-state index is 0.108. The summed E-state index contributed by atoms with van der Waals surface area (Å²) in [6, 6.07) is 6.06. The van der Waals surface area contributed by atoms with Crippen LogP contribution < -0.4 is 9.47 Å². The summed E-state index contributed by atoms with van der Waals surface area (Å²) in [5, 5.41) is 0.108. The van der Waals surface area contributed by atoms with Gasteiger partial charge in [0.05, 0.1) is 5.38 Å². The molecule has 0 N–H and O–H groups in total. The Morgan fingerprint density at radius 2 is 1.94 bits per heavy atom. The quantitative estimate of drug-likeness (QED) is 0.759. The molecule has 2 aliphatic rings. The summed E-state index contributed by atoms with van der Waals surface area (Å²) in [5.41, 5.74) is 1.16. The predicted octanol–water partition coefficient (Wildman–Crippen LogP) is 3.93. The zero-order valence-electron chi connectivity index (χ0n) is 9.82. The molecule has 1 fully saturated rings. The predicted molar refractivity (Wildman–Crippen MR) is 68.0 cm³/mol. The van der Waals surface area contributed by atoms with Crippen LogP contribution in [0, 0.1) is 5.92 Å². The summed E-state index contributed by atoms with van der Waals surface area (Å²) >= 11 is 6.46. The number of ether oxygens (including phenoxy) is 2. The monoisotopic (exact) mass is 252 g/mol. The molecule has 2 nitrogen and oxygen atoms in total. The second-order valence-corrected chi connectivity index (χ2v) is 5.43. The maximum atomic E-state index is 6.46. The van der Waals surface area contributed by atoms with Crippen LogP contribution in [0.25, 0.3) is 0 Å². The zero-order valence-corrected chi connectivity index (χ0v) is 10.6. The van der Waals surface area contributed by atoms with Gasteiger partial charge >= 0.3 is 0 Å². The highest BCUT2D eigenvalue weighted by atomic mass is 35.5. The fourth-order valence-corrected chi connectivity index (χ4v) is 2.80. The maximum Gasteiger partial charge on any atom is 0.161 e. The Labute approximate surface area is 107 Å². The first-order valence-electron chi connectivity index (χ1n) is 6.36. The van der Waals surface area contributed by atoms with Gasteiger partial charge in [-0.1, -0.05) is 25.3 Å². The van der Waals surface area contributed by atoms with E-state index < -0.39 is 0 Å². The molecule has 0 aromatic heterocycles. The van der Waals surface area contributed by atoms with Crippen molar-refractivity contribution in [1.82, 2.24) is 0 Å². The van der Waals surface area contributed by atoms with Crippen LogP contribution in [0.4, 0.5) is 0 Å². The third-order valence-corrected chi connectivity index (χ3v) is 4.12. The third-order valence-electron chi connectivity index (χ3n) is 3.69. The Kier molecular flexibility index (Phi) is 3.15. The van der Waals surface area contributed by atoms with Gasteiger partial charge in [-0.2, -0.15) is 0 Å². The van der Waals surface area contributed by atoms with E-state index >= 15 is 0 Å². The Morgan fingerprint density at radius 3 is 2.65 bits per heavy atom.